The van der Waals surface area contributed by atoms with E-state index in [1.54, 1.807) is 18.2 Å². The molecule has 0 spiro atoms. The molecule has 1 aliphatic rings. The molecule has 0 fully saturated rings. The first-order valence-corrected chi connectivity index (χ1v) is 9.16. The molecule has 0 saturated heterocycles. The van der Waals surface area contributed by atoms with E-state index in [1.807, 2.05) is 0 Å². The lowest BCUT2D eigenvalue weighted by Gasteiger charge is -2.29. The van der Waals surface area contributed by atoms with Crippen molar-refractivity contribution in [1.82, 2.24) is 5.32 Å². The van der Waals surface area contributed by atoms with Crippen molar-refractivity contribution >= 4 is 13.0 Å². The Morgan fingerprint density at radius 2 is 2.07 bits per heavy atom. The van der Waals surface area contributed by atoms with Crippen LogP contribution in [0.5, 0.6) is 5.75 Å². The van der Waals surface area contributed by atoms with E-state index in [0.29, 0.717) is 22.3 Å². The maximum Gasteiger partial charge on any atom is 0.547 e. The smallest absolute Gasteiger partial charge is 0.534 e. The number of aliphatic hydroxyl groups excluding tert-OH is 1. The summed E-state index contributed by atoms with van der Waals surface area (Å²) in [6.45, 7) is 0.115. The van der Waals surface area contributed by atoms with Gasteiger partial charge in [0.1, 0.15) is 11.6 Å². The lowest BCUT2D eigenvalue weighted by molar-refractivity contribution is -0.120. The van der Waals surface area contributed by atoms with Gasteiger partial charge in [-0.1, -0.05) is 24.3 Å². The van der Waals surface area contributed by atoms with Crippen molar-refractivity contribution in [2.24, 2.45) is 11.5 Å². The summed E-state index contributed by atoms with van der Waals surface area (Å²) in [5.41, 5.74) is 13.2. The second kappa shape index (κ2) is 8.89. The molecule has 154 valence electrons. The molecule has 2 aromatic carbocycles. The molecule has 29 heavy (non-hydrogen) atoms. The number of carbonyl (C=O) groups excluding carboxylic acids is 1. The topological polar surface area (TPSA) is 151 Å². The molecular weight excluding hydrogens is 380 g/mol. The number of hydrogen-bond donors (Lipinski definition) is 6. The van der Waals surface area contributed by atoms with Gasteiger partial charge in [-0.15, -0.1) is 0 Å². The zero-order valence-corrected chi connectivity index (χ0v) is 15.6. The lowest BCUT2D eigenvalue weighted by Crippen LogP contribution is -2.53. The van der Waals surface area contributed by atoms with Gasteiger partial charge in [-0.3, -0.25) is 4.79 Å². The largest absolute Gasteiger partial charge is 0.547 e. The fraction of sp³-hybridized carbons (Fsp3) is 0.316. The van der Waals surface area contributed by atoms with Gasteiger partial charge >= 0.3 is 7.12 Å². The molecule has 0 aromatic heterocycles. The van der Waals surface area contributed by atoms with Gasteiger partial charge in [0.25, 0.3) is 0 Å². The van der Waals surface area contributed by atoms with Crippen molar-refractivity contribution in [2.45, 2.75) is 38.2 Å². The third-order valence-electron chi connectivity index (χ3n) is 4.91. The molecule has 1 heterocycles. The Morgan fingerprint density at radius 1 is 1.31 bits per heavy atom. The van der Waals surface area contributed by atoms with Gasteiger partial charge in [0.05, 0.1) is 12.4 Å². The Hall–Kier alpha value is -2.50. The quantitative estimate of drug-likeness (QED) is 0.279. The molecule has 3 rings (SSSR count). The average Bonchev–Trinajstić information content (AvgIpc) is 2.67. The van der Waals surface area contributed by atoms with E-state index in [9.17, 15) is 24.4 Å². The molecule has 0 saturated carbocycles. The van der Waals surface area contributed by atoms with Gasteiger partial charge in [0, 0.05) is 24.2 Å². The number of para-hydroxylation sites is 1. The molecule has 1 amide bonds. The highest BCUT2D eigenvalue weighted by atomic mass is 19.1. The summed E-state index contributed by atoms with van der Waals surface area (Å²) < 4.78 is 19.6. The number of amides is 1. The predicted molar refractivity (Wildman–Crippen MR) is 104 cm³/mol. The summed E-state index contributed by atoms with van der Waals surface area (Å²) in [6.07, 6.45) is -1.62. The zero-order chi connectivity index (χ0) is 21.1. The van der Waals surface area contributed by atoms with E-state index in [0.717, 1.165) is 0 Å². The van der Waals surface area contributed by atoms with E-state index in [1.165, 1.54) is 12.1 Å². The molecule has 0 aliphatic carbocycles. The fourth-order valence-electron chi connectivity index (χ4n) is 3.49. The Labute approximate surface area is 167 Å². The van der Waals surface area contributed by atoms with Crippen LogP contribution in [-0.2, 0) is 30.7 Å². The standard InChI is InChI=1S/C19H23BFN3O5/c21-15-5-10(4-12(8-22)14(15)9-23)6-17(25)24-16-7-11-2-1-3-13(19(26)27)18(11)29-20(16)28/h1-5,16,19,26-28H,6-9,22-23H2,(H,24,25)/t16-/m0/s1. The molecule has 10 heteroatoms. The number of nitrogens with two attached hydrogens (primary N) is 2. The Kier molecular flexibility index (Phi) is 6.51. The van der Waals surface area contributed by atoms with Crippen molar-refractivity contribution < 1.29 is 29.1 Å². The maximum absolute atomic E-state index is 14.2. The molecule has 8 N–H and O–H groups in total. The Balaban J connectivity index is 1.72. The number of carbonyl (C=O) groups is 1. The van der Waals surface area contributed by atoms with Crippen LogP contribution in [0.2, 0.25) is 0 Å². The van der Waals surface area contributed by atoms with Crippen LogP contribution in [-0.4, -0.2) is 34.2 Å². The molecule has 1 aliphatic heterocycles. The summed E-state index contributed by atoms with van der Waals surface area (Å²) in [5, 5.41) is 31.8. The number of aliphatic hydroxyl groups is 2. The third kappa shape index (κ3) is 4.57. The van der Waals surface area contributed by atoms with Gasteiger partial charge < -0.3 is 36.7 Å². The number of fused-ring (bicyclic) bond motifs is 1. The molecule has 8 nitrogen and oxygen atoms in total. The van der Waals surface area contributed by atoms with Crippen LogP contribution in [0.1, 0.15) is 34.1 Å². The number of hydrogen-bond acceptors (Lipinski definition) is 7. The minimum atomic E-state index is -1.74. The summed E-state index contributed by atoms with van der Waals surface area (Å²) in [6, 6.07) is 7.70. The van der Waals surface area contributed by atoms with E-state index in [-0.39, 0.29) is 37.2 Å². The second-order valence-electron chi connectivity index (χ2n) is 6.90. The first-order valence-electron chi connectivity index (χ1n) is 9.16. The van der Waals surface area contributed by atoms with Crippen molar-refractivity contribution in [3.8, 4) is 5.75 Å². The fourth-order valence-corrected chi connectivity index (χ4v) is 3.49. The van der Waals surface area contributed by atoms with Gasteiger partial charge in [0.2, 0.25) is 5.91 Å². The molecule has 0 bridgehead atoms. The minimum absolute atomic E-state index is 0.0143. The minimum Gasteiger partial charge on any atom is -0.534 e. The normalized spacial score (nSPS) is 15.8. The zero-order valence-electron chi connectivity index (χ0n) is 15.6. The highest BCUT2D eigenvalue weighted by Gasteiger charge is 2.37. The monoisotopic (exact) mass is 403 g/mol. The highest BCUT2D eigenvalue weighted by molar-refractivity contribution is 6.46. The van der Waals surface area contributed by atoms with Gasteiger partial charge in [-0.2, -0.15) is 0 Å². The second-order valence-corrected chi connectivity index (χ2v) is 6.90. The molecule has 1 atom stereocenters. The summed E-state index contributed by atoms with van der Waals surface area (Å²) in [7, 11) is -1.37. The molecular formula is C19H23BFN3O5. The van der Waals surface area contributed by atoms with Crippen LogP contribution >= 0.6 is 0 Å². The first kappa shape index (κ1) is 21.2. The van der Waals surface area contributed by atoms with E-state index >= 15 is 0 Å². The number of benzene rings is 2. The lowest BCUT2D eigenvalue weighted by atomic mass is 9.72. The van der Waals surface area contributed by atoms with E-state index < -0.39 is 31.1 Å². The average molecular weight is 403 g/mol. The number of halogens is 1. The summed E-state index contributed by atoms with van der Waals surface area (Å²) in [5.74, 6) is -1.50. The Bertz CT molecular complexity index is 912. The van der Waals surface area contributed by atoms with Crippen molar-refractivity contribution in [2.75, 3.05) is 0 Å². The first-order chi connectivity index (χ1) is 13.8. The molecule has 0 unspecified atom stereocenters. The van der Waals surface area contributed by atoms with Crippen LogP contribution in [0, 0.1) is 5.82 Å². The number of nitrogens with one attached hydrogen (secondary N) is 1. The van der Waals surface area contributed by atoms with Gasteiger partial charge in [-0.05, 0) is 29.2 Å². The van der Waals surface area contributed by atoms with Crippen LogP contribution < -0.4 is 21.4 Å². The summed E-state index contributed by atoms with van der Waals surface area (Å²) >= 11 is 0. The SMILES string of the molecule is NCc1cc(CC(=O)N[C@H]2Cc3cccc(C(O)O)c3OB2O)cc(F)c1CN. The van der Waals surface area contributed by atoms with Gasteiger partial charge in [0.15, 0.2) is 6.29 Å². The van der Waals surface area contributed by atoms with Crippen molar-refractivity contribution in [1.29, 1.82) is 0 Å². The van der Waals surface area contributed by atoms with Crippen molar-refractivity contribution in [3.05, 3.63) is 64.0 Å². The van der Waals surface area contributed by atoms with Gasteiger partial charge in [-0.25, -0.2) is 4.39 Å². The van der Waals surface area contributed by atoms with Crippen LogP contribution in [0.25, 0.3) is 0 Å². The van der Waals surface area contributed by atoms with E-state index in [4.69, 9.17) is 16.1 Å². The third-order valence-corrected chi connectivity index (χ3v) is 4.91. The number of rotatable bonds is 6. The predicted octanol–water partition coefficient (Wildman–Crippen LogP) is -0.592. The molecule has 2 aromatic rings. The highest BCUT2D eigenvalue weighted by Crippen LogP contribution is 2.33. The van der Waals surface area contributed by atoms with Crippen LogP contribution in [0.3, 0.4) is 0 Å². The summed E-state index contributed by atoms with van der Waals surface area (Å²) in [4.78, 5) is 12.4. The molecule has 0 radical (unpaired) electrons. The van der Waals surface area contributed by atoms with Crippen LogP contribution in [0.15, 0.2) is 30.3 Å². The van der Waals surface area contributed by atoms with Crippen LogP contribution in [0.4, 0.5) is 4.39 Å². The van der Waals surface area contributed by atoms with E-state index in [2.05, 4.69) is 5.32 Å². The Morgan fingerprint density at radius 3 is 2.72 bits per heavy atom. The maximum atomic E-state index is 14.2. The van der Waals surface area contributed by atoms with Crippen molar-refractivity contribution in [3.63, 3.8) is 0 Å².